The molecule has 0 spiro atoms. The molecule has 3 heteroatoms. The van der Waals surface area contributed by atoms with Crippen molar-refractivity contribution >= 4 is 7.98 Å². The maximum atomic E-state index is 9.83. The molecular formula is C14H17BNO+. The van der Waals surface area contributed by atoms with E-state index >= 15 is 0 Å². The van der Waals surface area contributed by atoms with E-state index in [1.807, 2.05) is 24.7 Å². The predicted octanol–water partition coefficient (Wildman–Crippen LogP) is 1.23. The predicted molar refractivity (Wildman–Crippen MR) is 70.9 cm³/mol. The average molecular weight is 226 g/mol. The van der Waals surface area contributed by atoms with Crippen LogP contribution in [-0.2, 0) is 12.8 Å². The first-order valence-corrected chi connectivity index (χ1v) is 5.94. The second-order valence-corrected chi connectivity index (χ2v) is 4.37. The highest BCUT2D eigenvalue weighted by Gasteiger charge is 2.06. The van der Waals surface area contributed by atoms with Gasteiger partial charge in [-0.15, -0.1) is 0 Å². The third kappa shape index (κ3) is 2.87. The maximum absolute atomic E-state index is 9.83. The summed E-state index contributed by atoms with van der Waals surface area (Å²) >= 11 is 0. The van der Waals surface area contributed by atoms with E-state index in [-0.39, 0.29) is 0 Å². The Labute approximate surface area is 103 Å². The van der Waals surface area contributed by atoms with E-state index in [2.05, 4.69) is 31.2 Å². The first-order valence-electron chi connectivity index (χ1n) is 5.94. The monoisotopic (exact) mass is 226 g/mol. The van der Waals surface area contributed by atoms with Crippen LogP contribution in [0.1, 0.15) is 23.6 Å². The van der Waals surface area contributed by atoms with Crippen LogP contribution in [0.2, 0.25) is 0 Å². The van der Waals surface area contributed by atoms with Crippen LogP contribution in [0.25, 0.3) is 0 Å². The molecule has 0 saturated heterocycles. The van der Waals surface area contributed by atoms with E-state index in [9.17, 15) is 5.11 Å². The van der Waals surface area contributed by atoms with Crippen molar-refractivity contribution in [3.8, 4) is 5.75 Å². The highest BCUT2D eigenvalue weighted by atomic mass is 16.3. The number of hydrogen-bond donors (Lipinski definition) is 1. The molecule has 0 atom stereocenters. The molecule has 1 aromatic carbocycles. The van der Waals surface area contributed by atoms with Crippen molar-refractivity contribution in [3.63, 3.8) is 0 Å². The van der Waals surface area contributed by atoms with Crippen LogP contribution in [0.15, 0.2) is 42.7 Å². The zero-order valence-corrected chi connectivity index (χ0v) is 10.4. The third-order valence-corrected chi connectivity index (χ3v) is 2.99. The molecule has 2 aromatic rings. The molecule has 1 aromatic heterocycles. The second kappa shape index (κ2) is 5.04. The first kappa shape index (κ1) is 11.7. The molecule has 1 N–H and O–H groups in total. The SMILES string of the molecule is B[n+]1ccc(Cc2ccc(CC)cc2)c(O)c1. The molecule has 0 bridgehead atoms. The van der Waals surface area contributed by atoms with Gasteiger partial charge in [0, 0.05) is 18.1 Å². The van der Waals surface area contributed by atoms with Crippen LogP contribution < -0.4 is 4.48 Å². The summed E-state index contributed by atoms with van der Waals surface area (Å²) in [5, 5.41) is 9.83. The van der Waals surface area contributed by atoms with Crippen molar-refractivity contribution in [3.05, 3.63) is 59.4 Å². The number of pyridine rings is 1. The van der Waals surface area contributed by atoms with E-state index in [1.165, 1.54) is 11.1 Å². The highest BCUT2D eigenvalue weighted by Crippen LogP contribution is 2.18. The van der Waals surface area contributed by atoms with E-state index in [1.54, 1.807) is 6.20 Å². The van der Waals surface area contributed by atoms with E-state index in [0.29, 0.717) is 5.75 Å². The van der Waals surface area contributed by atoms with Crippen molar-refractivity contribution in [2.24, 2.45) is 0 Å². The number of aryl methyl sites for hydroxylation is 1. The molecule has 2 rings (SSSR count). The lowest BCUT2D eigenvalue weighted by atomic mass is 10.0. The van der Waals surface area contributed by atoms with Gasteiger partial charge in [0.25, 0.3) is 0 Å². The molecule has 0 aliphatic carbocycles. The molecule has 0 unspecified atom stereocenters. The van der Waals surface area contributed by atoms with Crippen molar-refractivity contribution in [1.29, 1.82) is 0 Å². The minimum Gasteiger partial charge on any atom is -0.503 e. The molecule has 1 heterocycles. The van der Waals surface area contributed by atoms with Gasteiger partial charge in [0.05, 0.1) is 0 Å². The Morgan fingerprint density at radius 1 is 1.12 bits per heavy atom. The van der Waals surface area contributed by atoms with Gasteiger partial charge in [-0.1, -0.05) is 31.2 Å². The van der Waals surface area contributed by atoms with Crippen LogP contribution >= 0.6 is 0 Å². The summed E-state index contributed by atoms with van der Waals surface area (Å²) < 4.78 is 1.85. The molecule has 0 amide bonds. The van der Waals surface area contributed by atoms with Gasteiger partial charge in [-0.2, -0.15) is 0 Å². The Morgan fingerprint density at radius 3 is 2.35 bits per heavy atom. The summed E-state index contributed by atoms with van der Waals surface area (Å²) in [5.74, 6) is 0.356. The lowest BCUT2D eigenvalue weighted by Crippen LogP contribution is -2.29. The van der Waals surface area contributed by atoms with Gasteiger partial charge >= 0.3 is 7.98 Å². The maximum Gasteiger partial charge on any atom is 0.455 e. The van der Waals surface area contributed by atoms with E-state index in [0.717, 1.165) is 18.4 Å². The van der Waals surface area contributed by atoms with Gasteiger partial charge in [0.15, 0.2) is 11.9 Å². The molecule has 0 fully saturated rings. The number of aromatic nitrogens is 1. The van der Waals surface area contributed by atoms with Crippen LogP contribution in [0, 0.1) is 0 Å². The second-order valence-electron chi connectivity index (χ2n) is 4.37. The zero-order valence-electron chi connectivity index (χ0n) is 10.4. The summed E-state index contributed by atoms with van der Waals surface area (Å²) in [4.78, 5) is 0. The first-order chi connectivity index (χ1) is 8.19. The molecule has 0 aliphatic rings. The fourth-order valence-electron chi connectivity index (χ4n) is 1.87. The van der Waals surface area contributed by atoms with E-state index in [4.69, 9.17) is 0 Å². The van der Waals surface area contributed by atoms with Gasteiger partial charge in [0.2, 0.25) is 0 Å². The lowest BCUT2D eigenvalue weighted by Gasteiger charge is -2.04. The summed E-state index contributed by atoms with van der Waals surface area (Å²) in [7, 11) is 1.90. The summed E-state index contributed by atoms with van der Waals surface area (Å²) in [6.07, 6.45) is 5.52. The molecule has 0 radical (unpaired) electrons. The van der Waals surface area contributed by atoms with Gasteiger partial charge in [-0.3, -0.25) is 4.48 Å². The lowest BCUT2D eigenvalue weighted by molar-refractivity contribution is -0.522. The standard InChI is InChI=1S/C14H16BNO/c1-2-11-3-5-12(6-4-11)9-13-7-8-16(15)10-14(13)17/h3-8,10H,2,9,15H2,1H3/p+1. The normalized spacial score (nSPS) is 10.4. The van der Waals surface area contributed by atoms with Gasteiger partial charge in [-0.05, 0) is 17.5 Å². The van der Waals surface area contributed by atoms with Crippen LogP contribution in [-0.4, -0.2) is 13.1 Å². The Bertz CT molecular complexity index is 508. The number of benzene rings is 1. The smallest absolute Gasteiger partial charge is 0.455 e. The number of nitrogens with zero attached hydrogens (tertiary/aromatic N) is 1. The Morgan fingerprint density at radius 2 is 1.76 bits per heavy atom. The summed E-state index contributed by atoms with van der Waals surface area (Å²) in [6, 6.07) is 10.5. The van der Waals surface area contributed by atoms with Crippen molar-refractivity contribution in [1.82, 2.24) is 0 Å². The minimum atomic E-state index is 0.356. The molecular weight excluding hydrogens is 209 g/mol. The van der Waals surface area contributed by atoms with Crippen molar-refractivity contribution < 1.29 is 9.58 Å². The van der Waals surface area contributed by atoms with Gasteiger partial charge in [0.1, 0.15) is 6.20 Å². The molecule has 0 aliphatic heterocycles. The minimum absolute atomic E-state index is 0.356. The fraction of sp³-hybridized carbons (Fsp3) is 0.214. The Hall–Kier alpha value is -1.77. The van der Waals surface area contributed by atoms with Gasteiger partial charge < -0.3 is 5.11 Å². The quantitative estimate of drug-likeness (QED) is 0.782. The van der Waals surface area contributed by atoms with Crippen LogP contribution in [0.4, 0.5) is 0 Å². The molecule has 2 nitrogen and oxygen atoms in total. The topological polar surface area (TPSA) is 24.1 Å². The van der Waals surface area contributed by atoms with Crippen molar-refractivity contribution in [2.45, 2.75) is 19.8 Å². The third-order valence-electron chi connectivity index (χ3n) is 2.99. The number of aromatic hydroxyl groups is 1. The van der Waals surface area contributed by atoms with Crippen molar-refractivity contribution in [2.75, 3.05) is 0 Å². The summed E-state index contributed by atoms with van der Waals surface area (Å²) in [6.45, 7) is 2.15. The largest absolute Gasteiger partial charge is 0.503 e. The molecule has 0 saturated carbocycles. The average Bonchev–Trinajstić information content (AvgIpc) is 2.34. The van der Waals surface area contributed by atoms with Crippen LogP contribution in [0.3, 0.4) is 0 Å². The molecule has 17 heavy (non-hydrogen) atoms. The Kier molecular flexibility index (Phi) is 3.47. The fourth-order valence-corrected chi connectivity index (χ4v) is 1.87. The zero-order chi connectivity index (χ0) is 12.3. The summed E-state index contributed by atoms with van der Waals surface area (Å²) in [5.41, 5.74) is 3.54. The number of rotatable bonds is 3. The number of hydrogen-bond acceptors (Lipinski definition) is 1. The van der Waals surface area contributed by atoms with E-state index < -0.39 is 0 Å². The van der Waals surface area contributed by atoms with Crippen LogP contribution in [0.5, 0.6) is 5.75 Å². The highest BCUT2D eigenvalue weighted by molar-refractivity contribution is 5.94. The van der Waals surface area contributed by atoms with Gasteiger partial charge in [-0.25, -0.2) is 0 Å². The molecule has 86 valence electrons. The Balaban J connectivity index is 2.19.